The molecule has 5 heterocycles. The van der Waals surface area contributed by atoms with E-state index in [2.05, 4.69) is 9.97 Å². The molecular weight excluding hydrogens is 982 g/mol. The highest BCUT2D eigenvalue weighted by Crippen LogP contribution is 2.46. The molecule has 8 aromatic carbocycles. The van der Waals surface area contributed by atoms with Crippen molar-refractivity contribution < 1.29 is 36.9 Å². The van der Waals surface area contributed by atoms with Gasteiger partial charge < -0.3 is 28.9 Å². The number of hydrogen-bond donors (Lipinski definition) is 2. The molecule has 0 fully saturated rings. The van der Waals surface area contributed by atoms with Crippen LogP contribution in [0.25, 0.3) is 89.7 Å². The molecule has 77 heavy (non-hydrogen) atoms. The lowest BCUT2D eigenvalue weighted by molar-refractivity contribution is -0.0885. The number of benzene rings is 8. The van der Waals surface area contributed by atoms with Gasteiger partial charge in [-0.1, -0.05) is 97.1 Å². The van der Waals surface area contributed by atoms with Gasteiger partial charge in [0.25, 0.3) is 5.78 Å². The lowest BCUT2D eigenvalue weighted by atomic mass is 10.1. The van der Waals surface area contributed by atoms with E-state index in [-0.39, 0.29) is 34.6 Å². The van der Waals surface area contributed by atoms with E-state index >= 15 is 0 Å². The van der Waals surface area contributed by atoms with Crippen LogP contribution in [0.1, 0.15) is 27.0 Å². The molecule has 2 aliphatic heterocycles. The van der Waals surface area contributed by atoms with Crippen molar-refractivity contribution in [1.29, 1.82) is 0 Å². The van der Waals surface area contributed by atoms with Crippen LogP contribution in [-0.4, -0.2) is 51.8 Å². The molecule has 0 amide bonds. The largest absolute Gasteiger partial charge is 0.457 e. The summed E-state index contributed by atoms with van der Waals surface area (Å²) in [5, 5.41) is 2.18. The average Bonchev–Trinajstić information content (AvgIpc) is 4.22. The smallest absolute Gasteiger partial charge is 0.454 e. The first-order chi connectivity index (χ1) is 37.4. The number of hydrogen-bond acceptors (Lipinski definition) is 11. The summed E-state index contributed by atoms with van der Waals surface area (Å²) in [7, 11) is 0. The van der Waals surface area contributed by atoms with Gasteiger partial charge in [-0.15, -0.1) is 0 Å². The highest BCUT2D eigenvalue weighted by Gasteiger charge is 2.39. The zero-order valence-corrected chi connectivity index (χ0v) is 41.0. The second kappa shape index (κ2) is 18.3. The number of aryl methyl sites for hydroxylation is 3. The van der Waals surface area contributed by atoms with Gasteiger partial charge in [0.1, 0.15) is 68.6 Å². The minimum absolute atomic E-state index is 0.0229. The number of aromatic nitrogens is 8. The van der Waals surface area contributed by atoms with Crippen LogP contribution in [0.3, 0.4) is 0 Å². The number of nitrogens with one attached hydrogen (secondary N) is 2. The molecule has 0 spiro atoms. The van der Waals surface area contributed by atoms with Crippen molar-refractivity contribution in [2.45, 2.75) is 26.9 Å². The molecule has 8 bridgehead atoms. The fraction of sp³-hybridized carbons (Fsp3) is 0.0656. The molecule has 2 N–H and O–H groups in total. The van der Waals surface area contributed by atoms with E-state index in [1.165, 1.54) is 12.1 Å². The Kier molecular flexibility index (Phi) is 11.1. The van der Waals surface area contributed by atoms with E-state index < -0.39 is 17.5 Å². The monoisotopic (exact) mass is 1020 g/mol. The van der Waals surface area contributed by atoms with Crippen molar-refractivity contribution in [1.82, 2.24) is 39.9 Å². The fourth-order valence-electron chi connectivity index (χ4n) is 9.61. The van der Waals surface area contributed by atoms with Crippen molar-refractivity contribution in [3.05, 3.63) is 192 Å². The number of ether oxygens (including phenoxy) is 4. The molecular formula is C61H39F3N8O5. The minimum atomic E-state index is -5.10. The molecule has 0 saturated carbocycles. The third-order valence-corrected chi connectivity index (χ3v) is 13.0. The van der Waals surface area contributed by atoms with Crippen LogP contribution in [0.4, 0.5) is 13.2 Å². The van der Waals surface area contributed by atoms with Crippen molar-refractivity contribution in [2.75, 3.05) is 0 Å². The zero-order valence-electron chi connectivity index (χ0n) is 41.0. The number of H-pyrrole nitrogens is 2. The van der Waals surface area contributed by atoms with Crippen LogP contribution in [0.15, 0.2) is 170 Å². The van der Waals surface area contributed by atoms with Crippen LogP contribution < -0.4 is 18.9 Å². The van der Waals surface area contributed by atoms with Gasteiger partial charge in [-0.25, -0.2) is 29.9 Å². The van der Waals surface area contributed by atoms with E-state index in [4.69, 9.17) is 48.9 Å². The van der Waals surface area contributed by atoms with Crippen LogP contribution in [-0.2, 0) is 0 Å². The molecule has 3 aromatic heterocycles. The number of rotatable bonds is 9. The van der Waals surface area contributed by atoms with Crippen molar-refractivity contribution in [3.63, 3.8) is 0 Å². The second-order valence-corrected chi connectivity index (χ2v) is 18.5. The van der Waals surface area contributed by atoms with Gasteiger partial charge in [-0.2, -0.15) is 13.2 Å². The van der Waals surface area contributed by atoms with E-state index in [9.17, 15) is 18.0 Å². The van der Waals surface area contributed by atoms with E-state index in [1.807, 2.05) is 154 Å². The first kappa shape index (κ1) is 46.6. The number of carbonyl (C=O) groups excluding carboxylic acids is 1. The topological polar surface area (TPSA) is 163 Å². The number of Topliss-reactive ketones (excluding diaryl/α,β-unsaturated/α-hetero) is 1. The summed E-state index contributed by atoms with van der Waals surface area (Å²) in [6.45, 7) is 5.96. The number of halogens is 3. The molecule has 374 valence electrons. The van der Waals surface area contributed by atoms with E-state index in [0.717, 1.165) is 28.8 Å². The summed E-state index contributed by atoms with van der Waals surface area (Å²) < 4.78 is 67.4. The highest BCUT2D eigenvalue weighted by atomic mass is 19.4. The highest BCUT2D eigenvalue weighted by molar-refractivity contribution is 6.10. The number of aromatic amines is 2. The van der Waals surface area contributed by atoms with Gasteiger partial charge in [-0.3, -0.25) is 4.79 Å². The number of ketones is 1. The molecule has 11 aromatic rings. The number of carbonyl (C=O) groups is 1. The number of fused-ring (bicyclic) bond motifs is 20. The number of nitrogens with zero attached hydrogens (tertiary/aromatic N) is 6. The normalized spacial score (nSPS) is 11.8. The summed E-state index contributed by atoms with van der Waals surface area (Å²) in [6.07, 6.45) is -5.10. The predicted molar refractivity (Wildman–Crippen MR) is 287 cm³/mol. The lowest BCUT2D eigenvalue weighted by Gasteiger charge is -2.10. The van der Waals surface area contributed by atoms with Crippen LogP contribution in [0.2, 0.25) is 0 Å². The Labute approximate surface area is 435 Å². The maximum atomic E-state index is 13.7. The van der Waals surface area contributed by atoms with Crippen molar-refractivity contribution >= 4 is 49.9 Å². The molecule has 0 radical (unpaired) electrons. The standard InChI is InChI=1S/C61H39F3N8O5/c1-32-12-4-16-36(28-32)74-44-24-8-20-40-48(44)57-65-53(40)67-58-50-42(22-10-26-46(50)76-38-18-6-14-34(3)30-38)55(69-58)71-60-51-43(23-11-27-47(51)77-39-19-7-15-35(31-39)52(73)61(62,63)64)56(72-60)70-59-49-41(54(66-57)68-59)21-9-25-45(49)75-37-17-5-13-33(2)29-37/h4-31H,1-3H3,(H2,65,66,67,68,69,70,71,72). The Balaban J connectivity index is 1.13. The lowest BCUT2D eigenvalue weighted by Crippen LogP contribution is -2.22. The Hall–Kier alpha value is -10.2. The van der Waals surface area contributed by atoms with E-state index in [1.54, 1.807) is 12.1 Å². The molecule has 0 atom stereocenters. The summed E-state index contributed by atoms with van der Waals surface area (Å²) >= 11 is 0. The van der Waals surface area contributed by atoms with E-state index in [0.29, 0.717) is 101 Å². The Morgan fingerprint density at radius 1 is 0.403 bits per heavy atom. The second-order valence-electron chi connectivity index (χ2n) is 18.5. The summed E-state index contributed by atoms with van der Waals surface area (Å²) in [4.78, 5) is 50.7. The van der Waals surface area contributed by atoms with Gasteiger partial charge in [0.15, 0.2) is 23.3 Å². The first-order valence-corrected chi connectivity index (χ1v) is 24.3. The Bertz CT molecular complexity index is 4380. The zero-order chi connectivity index (χ0) is 52.5. The Morgan fingerprint density at radius 2 is 0.766 bits per heavy atom. The average molecular weight is 1020 g/mol. The van der Waals surface area contributed by atoms with Crippen molar-refractivity contribution in [2.24, 2.45) is 0 Å². The molecule has 0 saturated heterocycles. The molecule has 2 aliphatic rings. The third kappa shape index (κ3) is 8.66. The van der Waals surface area contributed by atoms with Crippen LogP contribution in [0.5, 0.6) is 46.0 Å². The molecule has 0 aliphatic carbocycles. The Morgan fingerprint density at radius 3 is 1.19 bits per heavy atom. The quantitative estimate of drug-likeness (QED) is 0.132. The van der Waals surface area contributed by atoms with Gasteiger partial charge >= 0.3 is 6.18 Å². The van der Waals surface area contributed by atoms with Crippen LogP contribution in [0, 0.1) is 20.8 Å². The summed E-state index contributed by atoms with van der Waals surface area (Å²) in [5.74, 6) is 2.42. The van der Waals surface area contributed by atoms with Gasteiger partial charge in [-0.05, 0) is 110 Å². The predicted octanol–water partition coefficient (Wildman–Crippen LogP) is 15.7. The number of alkyl halides is 3. The SMILES string of the molecule is Cc1cccc(Oc2cccc3c2-c2nc-3nc3[nH]c(nc4nc(nc5[nH]c(n2)c2cccc(Oc6cccc(C)c6)c52)-c2cccc(Oc5cccc(C)c5)c2-4)c2cccc(Oc4cccc(C(=O)C(F)(F)F)c4)c32)c1. The van der Waals surface area contributed by atoms with Gasteiger partial charge in [0.2, 0.25) is 0 Å². The maximum Gasteiger partial charge on any atom is 0.454 e. The maximum absolute atomic E-state index is 13.7. The van der Waals surface area contributed by atoms with Gasteiger partial charge in [0, 0.05) is 27.5 Å². The molecule has 16 heteroatoms. The molecule has 13 rings (SSSR count). The molecule has 13 nitrogen and oxygen atoms in total. The third-order valence-electron chi connectivity index (χ3n) is 13.0. The van der Waals surface area contributed by atoms with Crippen molar-refractivity contribution in [3.8, 4) is 91.5 Å². The van der Waals surface area contributed by atoms with Crippen LogP contribution >= 0.6 is 0 Å². The summed E-state index contributed by atoms with van der Waals surface area (Å²) in [6, 6.07) is 50.1. The van der Waals surface area contributed by atoms with Gasteiger partial charge in [0.05, 0.1) is 21.9 Å². The first-order valence-electron chi connectivity index (χ1n) is 24.3. The minimum Gasteiger partial charge on any atom is -0.457 e. The molecule has 0 unspecified atom stereocenters. The fourth-order valence-corrected chi connectivity index (χ4v) is 9.61. The summed E-state index contributed by atoms with van der Waals surface area (Å²) in [5.41, 5.74) is 6.00.